The number of rotatable bonds is 5. The van der Waals surface area contributed by atoms with Crippen LogP contribution in [-0.4, -0.2) is 27.7 Å². The Morgan fingerprint density at radius 2 is 2.05 bits per heavy atom. The number of benzene rings is 1. The van der Waals surface area contributed by atoms with Crippen LogP contribution in [-0.2, 0) is 4.79 Å². The van der Waals surface area contributed by atoms with Crippen molar-refractivity contribution in [1.29, 1.82) is 0 Å². The summed E-state index contributed by atoms with van der Waals surface area (Å²) in [4.78, 5) is 26.8. The number of halogens is 1. The van der Waals surface area contributed by atoms with Crippen molar-refractivity contribution in [2.45, 2.75) is 4.90 Å². The summed E-state index contributed by atoms with van der Waals surface area (Å²) in [7, 11) is 0. The average Bonchev–Trinajstić information content (AvgIpc) is 2.46. The highest BCUT2D eigenvalue weighted by Gasteiger charge is 2.09. The zero-order chi connectivity index (χ0) is 15.2. The molecule has 21 heavy (non-hydrogen) atoms. The first-order valence-electron chi connectivity index (χ1n) is 5.93. The van der Waals surface area contributed by atoms with Gasteiger partial charge in [0.2, 0.25) is 5.91 Å². The maximum absolute atomic E-state index is 13.4. The lowest BCUT2D eigenvalue weighted by Crippen LogP contribution is -2.15. The summed E-state index contributed by atoms with van der Waals surface area (Å²) < 4.78 is 13.4. The molecule has 1 aromatic heterocycles. The van der Waals surface area contributed by atoms with Gasteiger partial charge in [0.15, 0.2) is 0 Å². The molecule has 108 valence electrons. The number of thioether (sulfide) groups is 1. The topological polar surface area (TPSA) is 79.3 Å². The summed E-state index contributed by atoms with van der Waals surface area (Å²) in [6, 6.07) is 8.73. The first kappa shape index (κ1) is 15.0. The molecule has 0 spiro atoms. The van der Waals surface area contributed by atoms with Gasteiger partial charge < -0.3 is 10.4 Å². The third-order valence-electron chi connectivity index (χ3n) is 2.47. The number of carbonyl (C=O) groups excluding carboxylic acids is 1. The lowest BCUT2D eigenvalue weighted by atomic mass is 10.2. The third-order valence-corrected chi connectivity index (χ3v) is 3.52. The van der Waals surface area contributed by atoms with Gasteiger partial charge in [0, 0.05) is 11.1 Å². The molecule has 1 aromatic carbocycles. The second-order valence-electron chi connectivity index (χ2n) is 4.00. The SMILES string of the molecule is O=C(CSc1ccccc1F)Nc1cc(C(=O)O)ccn1. The van der Waals surface area contributed by atoms with Crippen LogP contribution in [0.3, 0.4) is 0 Å². The minimum absolute atomic E-state index is 0.0000869. The van der Waals surface area contributed by atoms with Crippen LogP contribution in [0.4, 0.5) is 10.2 Å². The van der Waals surface area contributed by atoms with Crippen LogP contribution >= 0.6 is 11.8 Å². The zero-order valence-corrected chi connectivity index (χ0v) is 11.6. The fraction of sp³-hybridized carbons (Fsp3) is 0.0714. The lowest BCUT2D eigenvalue weighted by Gasteiger charge is -2.05. The Bertz CT molecular complexity index is 679. The van der Waals surface area contributed by atoms with Crippen LogP contribution in [0.25, 0.3) is 0 Å². The van der Waals surface area contributed by atoms with Crippen molar-refractivity contribution in [2.24, 2.45) is 0 Å². The Hall–Kier alpha value is -2.41. The monoisotopic (exact) mass is 306 g/mol. The second kappa shape index (κ2) is 6.85. The van der Waals surface area contributed by atoms with E-state index in [-0.39, 0.29) is 23.0 Å². The molecule has 0 aliphatic carbocycles. The van der Waals surface area contributed by atoms with Gasteiger partial charge in [-0.25, -0.2) is 14.2 Å². The first-order valence-corrected chi connectivity index (χ1v) is 6.91. The number of hydrogen-bond donors (Lipinski definition) is 2. The van der Waals surface area contributed by atoms with Crippen LogP contribution in [0.1, 0.15) is 10.4 Å². The number of aromatic carboxylic acids is 1. The molecule has 1 amide bonds. The Morgan fingerprint density at radius 3 is 2.76 bits per heavy atom. The summed E-state index contributed by atoms with van der Waals surface area (Å²) in [6.07, 6.45) is 1.29. The number of carbonyl (C=O) groups is 2. The van der Waals surface area contributed by atoms with E-state index in [0.717, 1.165) is 11.8 Å². The molecule has 7 heteroatoms. The third kappa shape index (κ3) is 4.28. The lowest BCUT2D eigenvalue weighted by molar-refractivity contribution is -0.113. The van der Waals surface area contributed by atoms with E-state index in [4.69, 9.17) is 5.11 Å². The van der Waals surface area contributed by atoms with E-state index < -0.39 is 11.9 Å². The summed E-state index contributed by atoms with van der Waals surface area (Å²) in [6.45, 7) is 0. The van der Waals surface area contributed by atoms with Crippen LogP contribution in [0.5, 0.6) is 0 Å². The Morgan fingerprint density at radius 1 is 1.29 bits per heavy atom. The Labute approximate surface area is 124 Å². The first-order chi connectivity index (χ1) is 10.1. The Balaban J connectivity index is 1.95. The zero-order valence-electron chi connectivity index (χ0n) is 10.7. The van der Waals surface area contributed by atoms with Crippen molar-refractivity contribution < 1.29 is 19.1 Å². The van der Waals surface area contributed by atoms with Crippen molar-refractivity contribution >= 4 is 29.5 Å². The maximum Gasteiger partial charge on any atom is 0.335 e. The molecule has 0 fully saturated rings. The standard InChI is InChI=1S/C14H11FN2O3S/c15-10-3-1-2-4-11(10)21-8-13(18)17-12-7-9(14(19)20)5-6-16-12/h1-7H,8H2,(H,19,20)(H,16,17,18). The second-order valence-corrected chi connectivity index (χ2v) is 5.02. The van der Waals surface area contributed by atoms with E-state index >= 15 is 0 Å². The molecule has 2 aromatic rings. The number of carboxylic acids is 1. The molecule has 0 bridgehead atoms. The van der Waals surface area contributed by atoms with Gasteiger partial charge in [-0.2, -0.15) is 0 Å². The number of hydrogen-bond acceptors (Lipinski definition) is 4. The number of pyridine rings is 1. The summed E-state index contributed by atoms with van der Waals surface area (Å²) in [5, 5.41) is 11.3. The highest BCUT2D eigenvalue weighted by Crippen LogP contribution is 2.21. The van der Waals surface area contributed by atoms with E-state index in [2.05, 4.69) is 10.3 Å². The molecule has 0 saturated heterocycles. The van der Waals surface area contributed by atoms with Crippen molar-refractivity contribution in [3.63, 3.8) is 0 Å². The average molecular weight is 306 g/mol. The normalized spacial score (nSPS) is 10.1. The molecule has 0 saturated carbocycles. The summed E-state index contributed by atoms with van der Waals surface area (Å²) in [5.41, 5.74) is 0.0297. The van der Waals surface area contributed by atoms with Crippen molar-refractivity contribution in [3.05, 3.63) is 54.0 Å². The van der Waals surface area contributed by atoms with E-state index in [9.17, 15) is 14.0 Å². The van der Waals surface area contributed by atoms with Crippen LogP contribution < -0.4 is 5.32 Å². The molecule has 0 atom stereocenters. The molecule has 0 aliphatic heterocycles. The summed E-state index contributed by atoms with van der Waals surface area (Å²) in [5.74, 6) is -1.73. The number of nitrogens with zero attached hydrogens (tertiary/aromatic N) is 1. The molecule has 5 nitrogen and oxygen atoms in total. The predicted octanol–water partition coefficient (Wildman–Crippen LogP) is 2.65. The van der Waals surface area contributed by atoms with Crippen LogP contribution in [0, 0.1) is 5.82 Å². The molecular weight excluding hydrogens is 295 g/mol. The summed E-state index contributed by atoms with van der Waals surface area (Å²) >= 11 is 1.05. The van der Waals surface area contributed by atoms with E-state index in [0.29, 0.717) is 4.90 Å². The molecule has 0 unspecified atom stereocenters. The van der Waals surface area contributed by atoms with Crippen molar-refractivity contribution in [1.82, 2.24) is 4.98 Å². The quantitative estimate of drug-likeness (QED) is 0.830. The number of anilines is 1. The smallest absolute Gasteiger partial charge is 0.335 e. The van der Waals surface area contributed by atoms with Gasteiger partial charge in [0.05, 0.1) is 11.3 Å². The molecule has 2 N–H and O–H groups in total. The van der Waals surface area contributed by atoms with Crippen molar-refractivity contribution in [3.8, 4) is 0 Å². The Kier molecular flexibility index (Phi) is 4.89. The van der Waals surface area contributed by atoms with Gasteiger partial charge >= 0.3 is 5.97 Å². The highest BCUT2D eigenvalue weighted by molar-refractivity contribution is 8.00. The highest BCUT2D eigenvalue weighted by atomic mass is 32.2. The van der Waals surface area contributed by atoms with E-state index in [1.54, 1.807) is 18.2 Å². The van der Waals surface area contributed by atoms with Gasteiger partial charge in [-0.3, -0.25) is 4.79 Å². The largest absolute Gasteiger partial charge is 0.478 e. The van der Waals surface area contributed by atoms with E-state index in [1.165, 1.54) is 24.4 Å². The maximum atomic E-state index is 13.4. The van der Waals surface area contributed by atoms with E-state index in [1.807, 2.05) is 0 Å². The number of amides is 1. The van der Waals surface area contributed by atoms with Gasteiger partial charge in [0.1, 0.15) is 11.6 Å². The van der Waals surface area contributed by atoms with Crippen LogP contribution in [0.15, 0.2) is 47.5 Å². The van der Waals surface area contributed by atoms with Gasteiger partial charge in [0.25, 0.3) is 0 Å². The molecular formula is C14H11FN2O3S. The molecule has 1 heterocycles. The number of carboxylic acid groups (broad SMARTS) is 1. The van der Waals surface area contributed by atoms with Gasteiger partial charge in [-0.05, 0) is 24.3 Å². The minimum Gasteiger partial charge on any atom is -0.478 e. The molecule has 2 rings (SSSR count). The van der Waals surface area contributed by atoms with Crippen LogP contribution in [0.2, 0.25) is 0 Å². The number of aromatic nitrogens is 1. The number of nitrogens with one attached hydrogen (secondary N) is 1. The fourth-order valence-electron chi connectivity index (χ4n) is 1.52. The predicted molar refractivity (Wildman–Crippen MR) is 77.0 cm³/mol. The molecule has 0 aliphatic rings. The molecule has 0 radical (unpaired) electrons. The van der Waals surface area contributed by atoms with Gasteiger partial charge in [-0.15, -0.1) is 11.8 Å². The fourth-order valence-corrected chi connectivity index (χ4v) is 2.26. The van der Waals surface area contributed by atoms with Crippen molar-refractivity contribution in [2.75, 3.05) is 11.1 Å². The van der Waals surface area contributed by atoms with Gasteiger partial charge in [-0.1, -0.05) is 12.1 Å². The minimum atomic E-state index is -1.10.